The SMILES string of the molecule is CC(O)C(NC(=O)C(N)Cc1c[nH]c2ccccc12)C(=O)N1CCCC1C(=O)NC(CCC(=O)O)C(=O)O. The van der Waals surface area contributed by atoms with Gasteiger partial charge in [-0.3, -0.25) is 19.2 Å². The van der Waals surface area contributed by atoms with E-state index in [1.54, 1.807) is 6.20 Å². The van der Waals surface area contributed by atoms with Crippen LogP contribution in [0.5, 0.6) is 0 Å². The van der Waals surface area contributed by atoms with Crippen LogP contribution in [0, 0.1) is 0 Å². The van der Waals surface area contributed by atoms with Gasteiger partial charge in [-0.1, -0.05) is 18.2 Å². The number of carboxylic acids is 2. The smallest absolute Gasteiger partial charge is 0.326 e. The molecule has 1 fully saturated rings. The molecule has 1 aliphatic rings. The zero-order valence-corrected chi connectivity index (χ0v) is 20.9. The minimum absolute atomic E-state index is 0.157. The third-order valence-electron chi connectivity index (χ3n) is 6.60. The third-order valence-corrected chi connectivity index (χ3v) is 6.60. The number of rotatable bonds is 12. The monoisotopic (exact) mass is 531 g/mol. The number of nitrogens with two attached hydrogens (primary N) is 1. The molecule has 0 spiro atoms. The highest BCUT2D eigenvalue weighted by atomic mass is 16.4. The minimum Gasteiger partial charge on any atom is -0.481 e. The largest absolute Gasteiger partial charge is 0.481 e. The van der Waals surface area contributed by atoms with Gasteiger partial charge in [0.25, 0.3) is 0 Å². The maximum Gasteiger partial charge on any atom is 0.326 e. The van der Waals surface area contributed by atoms with E-state index in [1.165, 1.54) is 11.8 Å². The second-order valence-electron chi connectivity index (χ2n) is 9.42. The summed E-state index contributed by atoms with van der Waals surface area (Å²) in [4.78, 5) is 65.6. The van der Waals surface area contributed by atoms with Crippen LogP contribution in [0.25, 0.3) is 10.9 Å². The van der Waals surface area contributed by atoms with Crippen molar-refractivity contribution >= 4 is 40.6 Å². The van der Waals surface area contributed by atoms with Gasteiger partial charge in [-0.05, 0) is 44.2 Å². The van der Waals surface area contributed by atoms with Gasteiger partial charge >= 0.3 is 11.9 Å². The Labute approximate surface area is 218 Å². The molecule has 13 heteroatoms. The van der Waals surface area contributed by atoms with E-state index in [4.69, 9.17) is 10.8 Å². The van der Waals surface area contributed by atoms with Gasteiger partial charge in [0.2, 0.25) is 17.7 Å². The fourth-order valence-electron chi connectivity index (χ4n) is 4.55. The van der Waals surface area contributed by atoms with Gasteiger partial charge in [0, 0.05) is 30.1 Å². The number of likely N-dealkylation sites (tertiary alicyclic amines) is 1. The maximum absolute atomic E-state index is 13.3. The standard InChI is InChI=1S/C25H33N5O8/c1-13(31)21(29-22(34)16(26)11-14-12-27-17-6-3-2-5-15(14)17)24(36)30-10-4-7-19(30)23(35)28-18(25(37)38)8-9-20(32)33/h2-3,5-6,12-13,16,18-19,21,27,31H,4,7-11,26H2,1H3,(H,28,35)(H,29,34)(H,32,33)(H,37,38). The molecule has 1 aromatic carbocycles. The number of fused-ring (bicyclic) bond motifs is 1. The number of hydrogen-bond donors (Lipinski definition) is 7. The van der Waals surface area contributed by atoms with Crippen LogP contribution >= 0.6 is 0 Å². The zero-order chi connectivity index (χ0) is 28.0. The molecule has 1 aromatic heterocycles. The summed E-state index contributed by atoms with van der Waals surface area (Å²) in [5.41, 5.74) is 7.82. The molecule has 0 saturated carbocycles. The van der Waals surface area contributed by atoms with Crippen LogP contribution in [0.3, 0.4) is 0 Å². The fourth-order valence-corrected chi connectivity index (χ4v) is 4.55. The van der Waals surface area contributed by atoms with Gasteiger partial charge in [-0.25, -0.2) is 4.79 Å². The van der Waals surface area contributed by atoms with Gasteiger partial charge < -0.3 is 41.6 Å². The number of aliphatic hydroxyl groups is 1. The lowest BCUT2D eigenvalue weighted by Gasteiger charge is -2.31. The van der Waals surface area contributed by atoms with E-state index in [0.717, 1.165) is 16.5 Å². The summed E-state index contributed by atoms with van der Waals surface area (Å²) in [6.07, 6.45) is 0.526. The zero-order valence-electron chi connectivity index (χ0n) is 20.9. The predicted octanol–water partition coefficient (Wildman–Crippen LogP) is -0.671. The second-order valence-corrected chi connectivity index (χ2v) is 9.42. The summed E-state index contributed by atoms with van der Waals surface area (Å²) in [5.74, 6) is -4.72. The number of aromatic amines is 1. The van der Waals surface area contributed by atoms with Gasteiger partial charge in [0.1, 0.15) is 18.1 Å². The summed E-state index contributed by atoms with van der Waals surface area (Å²) in [6, 6.07) is 2.64. The normalized spacial score (nSPS) is 18.4. The topological polar surface area (TPSA) is 215 Å². The molecule has 13 nitrogen and oxygen atoms in total. The highest BCUT2D eigenvalue weighted by Gasteiger charge is 2.40. The van der Waals surface area contributed by atoms with Crippen molar-refractivity contribution in [3.63, 3.8) is 0 Å². The Morgan fingerprint density at radius 1 is 1.16 bits per heavy atom. The first-order chi connectivity index (χ1) is 18.0. The number of benzene rings is 1. The van der Waals surface area contributed by atoms with Crippen molar-refractivity contribution in [1.29, 1.82) is 0 Å². The number of aliphatic hydroxyl groups excluding tert-OH is 1. The molecule has 5 unspecified atom stereocenters. The predicted molar refractivity (Wildman–Crippen MR) is 135 cm³/mol. The van der Waals surface area contributed by atoms with Gasteiger partial charge in [0.15, 0.2) is 0 Å². The molecule has 0 bridgehead atoms. The lowest BCUT2D eigenvalue weighted by Crippen LogP contribution is -2.59. The number of carbonyl (C=O) groups is 5. The van der Waals surface area contributed by atoms with Crippen LogP contribution in [0.2, 0.25) is 0 Å². The summed E-state index contributed by atoms with van der Waals surface area (Å²) >= 11 is 0. The number of aliphatic carboxylic acids is 2. The number of H-pyrrole nitrogens is 1. The molecule has 0 radical (unpaired) electrons. The molecule has 38 heavy (non-hydrogen) atoms. The number of aromatic nitrogens is 1. The number of nitrogens with zero attached hydrogens (tertiary/aromatic N) is 1. The van der Waals surface area contributed by atoms with Crippen LogP contribution in [0.4, 0.5) is 0 Å². The molecule has 3 amide bonds. The fraction of sp³-hybridized carbons (Fsp3) is 0.480. The average Bonchev–Trinajstić information content (AvgIpc) is 3.51. The molecule has 1 saturated heterocycles. The molecule has 8 N–H and O–H groups in total. The Bertz CT molecular complexity index is 1200. The van der Waals surface area contributed by atoms with E-state index in [0.29, 0.717) is 6.42 Å². The molecule has 2 aromatic rings. The van der Waals surface area contributed by atoms with Gasteiger partial charge in [-0.2, -0.15) is 0 Å². The van der Waals surface area contributed by atoms with Crippen molar-refractivity contribution in [2.45, 2.75) is 69.3 Å². The molecule has 5 atom stereocenters. The minimum atomic E-state index is -1.44. The number of carbonyl (C=O) groups excluding carboxylic acids is 3. The van der Waals surface area contributed by atoms with Crippen molar-refractivity contribution in [3.8, 4) is 0 Å². The number of para-hydroxylation sites is 1. The molecule has 3 rings (SSSR count). The number of hydrogen-bond acceptors (Lipinski definition) is 7. The van der Waals surface area contributed by atoms with Gasteiger partial charge in [0.05, 0.1) is 12.1 Å². The lowest BCUT2D eigenvalue weighted by molar-refractivity contribution is -0.146. The van der Waals surface area contributed by atoms with E-state index in [2.05, 4.69) is 15.6 Å². The average molecular weight is 532 g/mol. The van der Waals surface area contributed by atoms with Crippen molar-refractivity contribution in [2.75, 3.05) is 6.54 Å². The first-order valence-electron chi connectivity index (χ1n) is 12.3. The van der Waals surface area contributed by atoms with E-state index < -0.39 is 66.4 Å². The Hall–Kier alpha value is -3.97. The van der Waals surface area contributed by atoms with Crippen molar-refractivity contribution in [2.24, 2.45) is 5.73 Å². The highest BCUT2D eigenvalue weighted by molar-refractivity contribution is 5.95. The highest BCUT2D eigenvalue weighted by Crippen LogP contribution is 2.21. The Morgan fingerprint density at radius 3 is 2.53 bits per heavy atom. The first kappa shape index (κ1) is 28.6. The Kier molecular flexibility index (Phi) is 9.42. The van der Waals surface area contributed by atoms with Gasteiger partial charge in [-0.15, -0.1) is 0 Å². The lowest BCUT2D eigenvalue weighted by atomic mass is 10.0. The van der Waals surface area contributed by atoms with Crippen LogP contribution in [0.15, 0.2) is 30.5 Å². The molecular formula is C25H33N5O8. The van der Waals surface area contributed by atoms with E-state index in [1.807, 2.05) is 24.3 Å². The number of carboxylic acid groups (broad SMARTS) is 2. The molecular weight excluding hydrogens is 498 g/mol. The molecule has 2 heterocycles. The molecule has 1 aliphatic heterocycles. The van der Waals surface area contributed by atoms with E-state index >= 15 is 0 Å². The van der Waals surface area contributed by atoms with Crippen LogP contribution in [0.1, 0.15) is 38.2 Å². The first-order valence-corrected chi connectivity index (χ1v) is 12.3. The Morgan fingerprint density at radius 2 is 1.87 bits per heavy atom. The summed E-state index contributed by atoms with van der Waals surface area (Å²) in [7, 11) is 0. The summed E-state index contributed by atoms with van der Waals surface area (Å²) < 4.78 is 0. The van der Waals surface area contributed by atoms with Crippen LogP contribution < -0.4 is 16.4 Å². The van der Waals surface area contributed by atoms with Crippen molar-refractivity contribution in [3.05, 3.63) is 36.0 Å². The summed E-state index contributed by atoms with van der Waals surface area (Å²) in [6.45, 7) is 1.48. The van der Waals surface area contributed by atoms with Crippen LogP contribution in [-0.2, 0) is 30.4 Å². The molecule has 0 aliphatic carbocycles. The quantitative estimate of drug-likeness (QED) is 0.184. The number of amides is 3. The Balaban J connectivity index is 1.66. The second kappa shape index (κ2) is 12.5. The third kappa shape index (κ3) is 6.86. The maximum atomic E-state index is 13.3. The van der Waals surface area contributed by atoms with Crippen molar-refractivity contribution in [1.82, 2.24) is 20.5 Å². The van der Waals surface area contributed by atoms with Crippen LogP contribution in [-0.4, -0.2) is 91.7 Å². The van der Waals surface area contributed by atoms with Crippen molar-refractivity contribution < 1.29 is 39.3 Å². The van der Waals surface area contributed by atoms with E-state index in [-0.39, 0.29) is 25.8 Å². The summed E-state index contributed by atoms with van der Waals surface area (Å²) in [5, 5.41) is 34.2. The molecule has 206 valence electrons. The number of nitrogens with one attached hydrogen (secondary N) is 3. The van der Waals surface area contributed by atoms with E-state index in [9.17, 15) is 34.2 Å².